The molecule has 3 nitrogen and oxygen atoms in total. The van der Waals surface area contributed by atoms with Crippen LogP contribution in [-0.4, -0.2) is 28.5 Å². The Morgan fingerprint density at radius 1 is 1.41 bits per heavy atom. The van der Waals surface area contributed by atoms with Gasteiger partial charge in [0.25, 0.3) is 0 Å². The molecule has 2 heterocycles. The van der Waals surface area contributed by atoms with Gasteiger partial charge in [-0.25, -0.2) is 0 Å². The molecule has 0 amide bonds. The highest BCUT2D eigenvalue weighted by Crippen LogP contribution is 2.23. The molecule has 2 atom stereocenters. The SMILES string of the molecule is Cc1ccc(CN2C(C)CCCC2CN)nc1. The third kappa shape index (κ3) is 3.05. The first-order chi connectivity index (χ1) is 8.20. The average Bonchev–Trinajstić information content (AvgIpc) is 2.34. The van der Waals surface area contributed by atoms with E-state index in [2.05, 4.69) is 35.9 Å². The second-order valence-corrected chi connectivity index (χ2v) is 5.17. The van der Waals surface area contributed by atoms with Crippen LogP contribution < -0.4 is 5.73 Å². The first-order valence-electron chi connectivity index (χ1n) is 6.58. The maximum Gasteiger partial charge on any atom is 0.0544 e. The van der Waals surface area contributed by atoms with E-state index in [0.29, 0.717) is 12.1 Å². The largest absolute Gasteiger partial charge is 0.329 e. The Labute approximate surface area is 104 Å². The van der Waals surface area contributed by atoms with Gasteiger partial charge in [0, 0.05) is 31.4 Å². The number of likely N-dealkylation sites (tertiary alicyclic amines) is 1. The maximum absolute atomic E-state index is 5.87. The standard InChI is InChI=1S/C14H23N3/c1-11-6-7-13(16-9-11)10-17-12(2)4-3-5-14(17)8-15/h6-7,9,12,14H,3-5,8,10,15H2,1-2H3. The molecule has 1 aliphatic rings. The molecule has 0 aromatic carbocycles. The molecule has 1 aromatic rings. The van der Waals surface area contributed by atoms with Gasteiger partial charge in [0.05, 0.1) is 5.69 Å². The number of hydrogen-bond donors (Lipinski definition) is 1. The van der Waals surface area contributed by atoms with Gasteiger partial charge in [-0.05, 0) is 38.3 Å². The van der Waals surface area contributed by atoms with Crippen molar-refractivity contribution in [3.8, 4) is 0 Å². The predicted molar refractivity (Wildman–Crippen MR) is 70.7 cm³/mol. The van der Waals surface area contributed by atoms with Crippen molar-refractivity contribution < 1.29 is 0 Å². The first-order valence-corrected chi connectivity index (χ1v) is 6.58. The summed E-state index contributed by atoms with van der Waals surface area (Å²) in [6.07, 6.45) is 5.76. The summed E-state index contributed by atoms with van der Waals surface area (Å²) in [7, 11) is 0. The second-order valence-electron chi connectivity index (χ2n) is 5.17. The fourth-order valence-electron chi connectivity index (χ4n) is 2.66. The molecule has 1 aromatic heterocycles. The molecule has 0 saturated carbocycles. The third-order valence-electron chi connectivity index (χ3n) is 3.78. The summed E-state index contributed by atoms with van der Waals surface area (Å²) in [4.78, 5) is 7.01. The number of pyridine rings is 1. The number of nitrogens with zero attached hydrogens (tertiary/aromatic N) is 2. The van der Waals surface area contributed by atoms with Crippen molar-refractivity contribution in [2.24, 2.45) is 5.73 Å². The van der Waals surface area contributed by atoms with Crippen LogP contribution in [0.4, 0.5) is 0 Å². The Morgan fingerprint density at radius 3 is 2.88 bits per heavy atom. The molecule has 2 N–H and O–H groups in total. The lowest BCUT2D eigenvalue weighted by Crippen LogP contribution is -2.48. The van der Waals surface area contributed by atoms with Gasteiger partial charge in [-0.3, -0.25) is 9.88 Å². The minimum absolute atomic E-state index is 0.529. The Bertz CT molecular complexity index is 347. The van der Waals surface area contributed by atoms with E-state index in [1.807, 2.05) is 6.20 Å². The Morgan fingerprint density at radius 2 is 2.24 bits per heavy atom. The molecule has 0 radical (unpaired) electrons. The lowest BCUT2D eigenvalue weighted by Gasteiger charge is -2.40. The second kappa shape index (κ2) is 5.61. The lowest BCUT2D eigenvalue weighted by atomic mass is 9.96. The summed E-state index contributed by atoms with van der Waals surface area (Å²) in [5, 5.41) is 0. The highest BCUT2D eigenvalue weighted by molar-refractivity contribution is 5.12. The van der Waals surface area contributed by atoms with Crippen LogP contribution in [-0.2, 0) is 6.54 Å². The normalized spacial score (nSPS) is 26.1. The Hall–Kier alpha value is -0.930. The lowest BCUT2D eigenvalue weighted by molar-refractivity contribution is 0.0878. The van der Waals surface area contributed by atoms with Crippen molar-refractivity contribution in [3.05, 3.63) is 29.6 Å². The van der Waals surface area contributed by atoms with E-state index in [4.69, 9.17) is 5.73 Å². The molecule has 17 heavy (non-hydrogen) atoms. The minimum Gasteiger partial charge on any atom is -0.329 e. The van der Waals surface area contributed by atoms with Crippen molar-refractivity contribution >= 4 is 0 Å². The van der Waals surface area contributed by atoms with E-state index in [0.717, 1.165) is 18.8 Å². The summed E-state index contributed by atoms with van der Waals surface area (Å²) in [6.45, 7) is 6.07. The van der Waals surface area contributed by atoms with Crippen LogP contribution in [0.2, 0.25) is 0 Å². The maximum atomic E-state index is 5.87. The zero-order valence-electron chi connectivity index (χ0n) is 10.9. The van der Waals surface area contributed by atoms with E-state index in [1.165, 1.54) is 24.8 Å². The monoisotopic (exact) mass is 233 g/mol. The van der Waals surface area contributed by atoms with Crippen LogP contribution in [0.5, 0.6) is 0 Å². The first kappa shape index (κ1) is 12.5. The topological polar surface area (TPSA) is 42.1 Å². The number of aryl methyl sites for hydroxylation is 1. The van der Waals surface area contributed by atoms with Gasteiger partial charge in [-0.1, -0.05) is 12.5 Å². The van der Waals surface area contributed by atoms with E-state index in [1.54, 1.807) is 0 Å². The number of piperidine rings is 1. The number of hydrogen-bond acceptors (Lipinski definition) is 3. The van der Waals surface area contributed by atoms with Gasteiger partial charge < -0.3 is 5.73 Å². The van der Waals surface area contributed by atoms with Crippen molar-refractivity contribution in [1.82, 2.24) is 9.88 Å². The fraction of sp³-hybridized carbons (Fsp3) is 0.643. The Kier molecular flexibility index (Phi) is 4.13. The molecular weight excluding hydrogens is 210 g/mol. The van der Waals surface area contributed by atoms with E-state index < -0.39 is 0 Å². The van der Waals surface area contributed by atoms with Crippen molar-refractivity contribution in [1.29, 1.82) is 0 Å². The molecule has 3 heteroatoms. The molecular formula is C14H23N3. The summed E-state index contributed by atoms with van der Waals surface area (Å²) in [6, 6.07) is 5.42. The van der Waals surface area contributed by atoms with Crippen LogP contribution in [0.3, 0.4) is 0 Å². The fourth-order valence-corrected chi connectivity index (χ4v) is 2.66. The summed E-state index contributed by atoms with van der Waals surface area (Å²) in [5.74, 6) is 0. The average molecular weight is 233 g/mol. The molecule has 1 fully saturated rings. The van der Waals surface area contributed by atoms with Gasteiger partial charge >= 0.3 is 0 Å². The van der Waals surface area contributed by atoms with E-state index in [-0.39, 0.29) is 0 Å². The van der Waals surface area contributed by atoms with Crippen molar-refractivity contribution in [2.75, 3.05) is 6.54 Å². The zero-order chi connectivity index (χ0) is 12.3. The summed E-state index contributed by atoms with van der Waals surface area (Å²) >= 11 is 0. The van der Waals surface area contributed by atoms with Crippen LogP contribution in [0.15, 0.2) is 18.3 Å². The van der Waals surface area contributed by atoms with E-state index >= 15 is 0 Å². The molecule has 0 bridgehead atoms. The van der Waals surface area contributed by atoms with Crippen molar-refractivity contribution in [2.45, 2.75) is 51.7 Å². The van der Waals surface area contributed by atoms with Gasteiger partial charge in [-0.2, -0.15) is 0 Å². The quantitative estimate of drug-likeness (QED) is 0.869. The van der Waals surface area contributed by atoms with E-state index in [9.17, 15) is 0 Å². The number of rotatable bonds is 3. The van der Waals surface area contributed by atoms with Gasteiger partial charge in [0.15, 0.2) is 0 Å². The van der Waals surface area contributed by atoms with Gasteiger partial charge in [0.2, 0.25) is 0 Å². The van der Waals surface area contributed by atoms with Crippen LogP contribution >= 0.6 is 0 Å². The molecule has 1 aliphatic heterocycles. The van der Waals surface area contributed by atoms with Gasteiger partial charge in [0.1, 0.15) is 0 Å². The van der Waals surface area contributed by atoms with Crippen LogP contribution in [0, 0.1) is 6.92 Å². The van der Waals surface area contributed by atoms with Crippen LogP contribution in [0.1, 0.15) is 37.4 Å². The summed E-state index contributed by atoms with van der Waals surface area (Å²) in [5.41, 5.74) is 8.25. The molecule has 94 valence electrons. The number of nitrogens with two attached hydrogens (primary N) is 1. The Balaban J connectivity index is 2.06. The molecule has 2 unspecified atom stereocenters. The molecule has 0 spiro atoms. The number of aromatic nitrogens is 1. The van der Waals surface area contributed by atoms with Gasteiger partial charge in [-0.15, -0.1) is 0 Å². The highest BCUT2D eigenvalue weighted by atomic mass is 15.2. The molecule has 1 saturated heterocycles. The highest BCUT2D eigenvalue weighted by Gasteiger charge is 2.26. The zero-order valence-corrected chi connectivity index (χ0v) is 10.9. The molecule has 0 aliphatic carbocycles. The summed E-state index contributed by atoms with van der Waals surface area (Å²) < 4.78 is 0. The predicted octanol–water partition coefficient (Wildman–Crippen LogP) is 2.09. The van der Waals surface area contributed by atoms with Crippen LogP contribution in [0.25, 0.3) is 0 Å². The van der Waals surface area contributed by atoms with Crippen molar-refractivity contribution in [3.63, 3.8) is 0 Å². The third-order valence-corrected chi connectivity index (χ3v) is 3.78. The smallest absolute Gasteiger partial charge is 0.0544 e. The minimum atomic E-state index is 0.529. The molecule has 2 rings (SSSR count).